The van der Waals surface area contributed by atoms with Crippen LogP contribution in [0.15, 0.2) is 36.4 Å². The number of ether oxygens (including phenoxy) is 4. The van der Waals surface area contributed by atoms with Crippen molar-refractivity contribution in [1.29, 1.82) is 0 Å². The van der Waals surface area contributed by atoms with Crippen LogP contribution in [0.5, 0.6) is 5.75 Å². The van der Waals surface area contributed by atoms with Gasteiger partial charge in [-0.3, -0.25) is 4.79 Å². The molecule has 0 saturated heterocycles. The summed E-state index contributed by atoms with van der Waals surface area (Å²) < 4.78 is 21.0. The topological polar surface area (TPSA) is 100 Å². The van der Waals surface area contributed by atoms with Gasteiger partial charge in [0.25, 0.3) is 0 Å². The van der Waals surface area contributed by atoms with Crippen LogP contribution in [-0.4, -0.2) is 56.9 Å². The van der Waals surface area contributed by atoms with Crippen molar-refractivity contribution in [3.63, 3.8) is 0 Å². The van der Waals surface area contributed by atoms with Gasteiger partial charge < -0.3 is 24.3 Å². The number of carbonyl (C=O) groups excluding carboxylic acids is 3. The van der Waals surface area contributed by atoms with Gasteiger partial charge in [-0.25, -0.2) is 9.59 Å². The molecule has 0 spiro atoms. The molecular formula is C26H31Cl2NO7. The van der Waals surface area contributed by atoms with E-state index in [0.717, 1.165) is 5.56 Å². The first-order chi connectivity index (χ1) is 17.0. The monoisotopic (exact) mass is 539 g/mol. The molecule has 0 unspecified atom stereocenters. The molecule has 0 heterocycles. The second-order valence-corrected chi connectivity index (χ2v) is 9.58. The second-order valence-electron chi connectivity index (χ2n) is 8.77. The van der Waals surface area contributed by atoms with Gasteiger partial charge in [-0.2, -0.15) is 0 Å². The third-order valence-electron chi connectivity index (χ3n) is 4.70. The maximum absolute atomic E-state index is 12.7. The van der Waals surface area contributed by atoms with Crippen molar-refractivity contribution < 1.29 is 33.3 Å². The van der Waals surface area contributed by atoms with Gasteiger partial charge in [0.05, 0.1) is 35.9 Å². The largest absolute Gasteiger partial charge is 0.491 e. The summed E-state index contributed by atoms with van der Waals surface area (Å²) in [4.78, 5) is 36.0. The number of alkyl carbamates (subject to hydrolysis) is 1. The fourth-order valence-electron chi connectivity index (χ4n) is 3.08. The number of halogens is 2. The highest BCUT2D eigenvalue weighted by atomic mass is 35.5. The van der Waals surface area contributed by atoms with Gasteiger partial charge in [0.2, 0.25) is 0 Å². The van der Waals surface area contributed by atoms with Crippen LogP contribution in [0.2, 0.25) is 10.0 Å². The van der Waals surface area contributed by atoms with Crippen LogP contribution in [0.3, 0.4) is 0 Å². The Morgan fingerprint density at radius 1 is 0.972 bits per heavy atom. The molecule has 0 saturated carbocycles. The fourth-order valence-corrected chi connectivity index (χ4v) is 3.73. The van der Waals surface area contributed by atoms with E-state index >= 15 is 0 Å². The van der Waals surface area contributed by atoms with Gasteiger partial charge >= 0.3 is 12.1 Å². The van der Waals surface area contributed by atoms with Crippen LogP contribution in [0.4, 0.5) is 4.79 Å². The summed E-state index contributed by atoms with van der Waals surface area (Å²) in [6.45, 7) is 6.74. The zero-order valence-corrected chi connectivity index (χ0v) is 22.3. The van der Waals surface area contributed by atoms with Gasteiger partial charge in [0.15, 0.2) is 5.78 Å². The smallest absolute Gasteiger partial charge is 0.407 e. The first-order valence-electron chi connectivity index (χ1n) is 11.4. The normalized spacial score (nSPS) is 11.1. The lowest BCUT2D eigenvalue weighted by Gasteiger charge is -2.19. The van der Waals surface area contributed by atoms with Crippen molar-refractivity contribution in [2.24, 2.45) is 0 Å². The molecule has 2 aromatic carbocycles. The molecule has 0 bridgehead atoms. The molecule has 0 aliphatic heterocycles. The van der Waals surface area contributed by atoms with E-state index in [2.05, 4.69) is 10.1 Å². The Morgan fingerprint density at radius 2 is 1.67 bits per heavy atom. The summed E-state index contributed by atoms with van der Waals surface area (Å²) in [6.07, 6.45) is 0.222. The SMILES string of the molecule is COC(=O)c1c(Cl)cc(C(=O)CCc2cccc(OCCOCCNC(=O)OC(C)(C)C)c2)cc1Cl. The third kappa shape index (κ3) is 10.0. The van der Waals surface area contributed by atoms with Crippen LogP contribution in [0.25, 0.3) is 0 Å². The fraction of sp³-hybridized carbons (Fsp3) is 0.423. The molecule has 0 aliphatic carbocycles. The minimum Gasteiger partial charge on any atom is -0.491 e. The molecule has 0 aromatic heterocycles. The molecule has 8 nitrogen and oxygen atoms in total. The van der Waals surface area contributed by atoms with E-state index in [1.807, 2.05) is 24.3 Å². The number of amides is 1. The van der Waals surface area contributed by atoms with E-state index in [9.17, 15) is 14.4 Å². The van der Waals surface area contributed by atoms with Crippen LogP contribution < -0.4 is 10.1 Å². The standard InChI is InChI=1S/C26H31Cl2NO7/c1-26(2,3)36-25(32)29-10-11-34-12-13-35-19-7-5-6-17(14-19)8-9-22(30)18-15-20(27)23(21(28)16-18)24(31)33-4/h5-7,14-16H,8-13H2,1-4H3,(H,29,32). The number of hydrogen-bond acceptors (Lipinski definition) is 7. The Kier molecular flexibility index (Phi) is 11.5. The number of methoxy groups -OCH3 is 1. The van der Waals surface area contributed by atoms with Crippen molar-refractivity contribution in [1.82, 2.24) is 5.32 Å². The first-order valence-corrected chi connectivity index (χ1v) is 12.1. The van der Waals surface area contributed by atoms with E-state index in [-0.39, 0.29) is 27.8 Å². The van der Waals surface area contributed by atoms with Gasteiger partial charge in [-0.15, -0.1) is 0 Å². The van der Waals surface area contributed by atoms with E-state index in [0.29, 0.717) is 44.1 Å². The van der Waals surface area contributed by atoms with Crippen molar-refractivity contribution in [3.8, 4) is 5.75 Å². The lowest BCUT2D eigenvalue weighted by Crippen LogP contribution is -2.34. The Morgan fingerprint density at radius 3 is 2.31 bits per heavy atom. The maximum atomic E-state index is 12.7. The van der Waals surface area contributed by atoms with Gasteiger partial charge in [-0.05, 0) is 57.0 Å². The molecule has 0 aliphatic rings. The molecule has 0 atom stereocenters. The second kappa shape index (κ2) is 14.1. The first kappa shape index (κ1) is 29.4. The summed E-state index contributed by atoms with van der Waals surface area (Å²) in [5.74, 6) is -0.164. The van der Waals surface area contributed by atoms with Gasteiger partial charge in [-0.1, -0.05) is 35.3 Å². The zero-order chi connectivity index (χ0) is 26.7. The lowest BCUT2D eigenvalue weighted by atomic mass is 10.0. The highest BCUT2D eigenvalue weighted by Gasteiger charge is 2.19. The number of hydrogen-bond donors (Lipinski definition) is 1. The molecule has 0 fully saturated rings. The summed E-state index contributed by atoms with van der Waals surface area (Å²) >= 11 is 12.3. The molecule has 196 valence electrons. The molecule has 0 radical (unpaired) electrons. The number of esters is 1. The molecule has 36 heavy (non-hydrogen) atoms. The predicted molar refractivity (Wildman–Crippen MR) is 137 cm³/mol. The van der Waals surface area contributed by atoms with Crippen molar-refractivity contribution in [2.45, 2.75) is 39.2 Å². The zero-order valence-electron chi connectivity index (χ0n) is 20.8. The highest BCUT2D eigenvalue weighted by Crippen LogP contribution is 2.28. The molecule has 10 heteroatoms. The molecule has 1 N–H and O–H groups in total. The molecule has 1 amide bonds. The summed E-state index contributed by atoms with van der Waals surface area (Å²) in [5.41, 5.74) is 0.736. The number of aryl methyl sites for hydroxylation is 1. The van der Waals surface area contributed by atoms with Crippen molar-refractivity contribution in [3.05, 3.63) is 63.1 Å². The molecule has 2 aromatic rings. The van der Waals surface area contributed by atoms with E-state index < -0.39 is 17.7 Å². The third-order valence-corrected chi connectivity index (χ3v) is 5.30. The van der Waals surface area contributed by atoms with Crippen molar-refractivity contribution >= 4 is 41.0 Å². The van der Waals surface area contributed by atoms with E-state index in [4.69, 9.17) is 37.4 Å². The van der Waals surface area contributed by atoms with E-state index in [1.165, 1.54) is 19.2 Å². The number of rotatable bonds is 12. The minimum atomic E-state index is -0.663. The molecule has 2 rings (SSSR count). The van der Waals surface area contributed by atoms with Crippen LogP contribution >= 0.6 is 23.2 Å². The quantitative estimate of drug-likeness (QED) is 0.215. The molecular weight excluding hydrogens is 509 g/mol. The highest BCUT2D eigenvalue weighted by molar-refractivity contribution is 6.39. The Bertz CT molecular complexity index is 1040. The predicted octanol–water partition coefficient (Wildman–Crippen LogP) is 5.52. The number of benzene rings is 2. The lowest BCUT2D eigenvalue weighted by molar-refractivity contribution is 0.0488. The Labute approximate surface area is 221 Å². The number of Topliss-reactive ketones (excluding diaryl/α,β-unsaturated/α-hetero) is 1. The minimum absolute atomic E-state index is 0.0329. The van der Waals surface area contributed by atoms with Gasteiger partial charge in [0.1, 0.15) is 18.0 Å². The summed E-state index contributed by atoms with van der Waals surface area (Å²) in [5, 5.41) is 2.75. The Balaban J connectivity index is 1.75. The number of carbonyl (C=O) groups is 3. The average molecular weight is 540 g/mol. The Hall–Kier alpha value is -2.81. The van der Waals surface area contributed by atoms with E-state index in [1.54, 1.807) is 20.8 Å². The summed E-state index contributed by atoms with van der Waals surface area (Å²) in [7, 11) is 1.23. The number of nitrogens with one attached hydrogen (secondary N) is 1. The summed E-state index contributed by atoms with van der Waals surface area (Å²) in [6, 6.07) is 10.3. The van der Waals surface area contributed by atoms with Crippen LogP contribution in [-0.2, 0) is 20.6 Å². The average Bonchev–Trinajstić information content (AvgIpc) is 2.80. The van der Waals surface area contributed by atoms with Crippen molar-refractivity contribution in [2.75, 3.05) is 33.5 Å². The van der Waals surface area contributed by atoms with Crippen LogP contribution in [0, 0.1) is 0 Å². The van der Waals surface area contributed by atoms with Crippen LogP contribution in [0.1, 0.15) is 53.5 Å². The number of ketones is 1. The van der Waals surface area contributed by atoms with Gasteiger partial charge in [0, 0.05) is 18.5 Å². The maximum Gasteiger partial charge on any atom is 0.407 e.